The molecule has 0 saturated carbocycles. The molecule has 8 rings (SSSR count). The summed E-state index contributed by atoms with van der Waals surface area (Å²) in [6.07, 6.45) is -2.39. The predicted molar refractivity (Wildman–Crippen MR) is 229 cm³/mol. The van der Waals surface area contributed by atoms with Crippen LogP contribution < -0.4 is 4.74 Å². The number of aryl methyl sites for hydroxylation is 1. The van der Waals surface area contributed by atoms with Gasteiger partial charge in [0.05, 0.1) is 33.0 Å². The summed E-state index contributed by atoms with van der Waals surface area (Å²) in [6, 6.07) is 52.8. The molecule has 2 aliphatic heterocycles. The number of aliphatic hydroxyl groups excluding tert-OH is 1. The van der Waals surface area contributed by atoms with Gasteiger partial charge in [0.15, 0.2) is 0 Å². The van der Waals surface area contributed by atoms with Crippen LogP contribution >= 0.6 is 11.6 Å². The van der Waals surface area contributed by atoms with E-state index in [9.17, 15) is 5.11 Å². The number of aliphatic hydroxyl groups is 1. The van der Waals surface area contributed by atoms with E-state index in [1.807, 2.05) is 121 Å². The summed E-state index contributed by atoms with van der Waals surface area (Å²) in [6.45, 7) is 3.58. The first-order chi connectivity index (χ1) is 29.0. The van der Waals surface area contributed by atoms with Crippen LogP contribution in [0.1, 0.15) is 57.9 Å². The number of fused-ring (bicyclic) bond motifs is 2. The van der Waals surface area contributed by atoms with Crippen molar-refractivity contribution < 1.29 is 33.5 Å². The highest BCUT2D eigenvalue weighted by atomic mass is 35.5. The fourth-order valence-electron chi connectivity index (χ4n) is 8.17. The van der Waals surface area contributed by atoms with E-state index in [0.29, 0.717) is 37.0 Å². The molecular formula is C51H51ClO7. The zero-order valence-corrected chi connectivity index (χ0v) is 34.1. The number of benzene rings is 6. The highest BCUT2D eigenvalue weighted by Gasteiger charge is 2.60. The second-order valence-electron chi connectivity index (χ2n) is 15.3. The molecule has 0 bridgehead atoms. The Morgan fingerprint density at radius 1 is 0.610 bits per heavy atom. The Morgan fingerprint density at radius 3 is 1.68 bits per heavy atom. The van der Waals surface area contributed by atoms with Crippen molar-refractivity contribution in [2.24, 2.45) is 0 Å². The van der Waals surface area contributed by atoms with Gasteiger partial charge in [-0.05, 0) is 63.9 Å². The summed E-state index contributed by atoms with van der Waals surface area (Å²) in [4.78, 5) is 0. The minimum atomic E-state index is -1.28. The van der Waals surface area contributed by atoms with Gasteiger partial charge in [0.1, 0.15) is 35.8 Å². The highest BCUT2D eigenvalue weighted by Crippen LogP contribution is 2.52. The van der Waals surface area contributed by atoms with Crippen molar-refractivity contribution in [3.63, 3.8) is 0 Å². The molecule has 2 heterocycles. The van der Waals surface area contributed by atoms with Crippen molar-refractivity contribution in [2.45, 2.75) is 88.9 Å². The third kappa shape index (κ3) is 9.97. The van der Waals surface area contributed by atoms with Gasteiger partial charge in [-0.3, -0.25) is 0 Å². The lowest BCUT2D eigenvalue weighted by atomic mass is 9.75. The lowest BCUT2D eigenvalue weighted by Gasteiger charge is -2.55. The molecule has 1 unspecified atom stereocenters. The summed E-state index contributed by atoms with van der Waals surface area (Å²) < 4.78 is 41.3. The maximum absolute atomic E-state index is 11.6. The Bertz CT molecular complexity index is 2200. The van der Waals surface area contributed by atoms with Crippen LogP contribution in [-0.2, 0) is 68.6 Å². The van der Waals surface area contributed by atoms with Crippen molar-refractivity contribution in [2.75, 3.05) is 6.61 Å². The van der Waals surface area contributed by atoms with Crippen LogP contribution in [0.3, 0.4) is 0 Å². The molecule has 6 aromatic carbocycles. The molecular weight excluding hydrogens is 760 g/mol. The van der Waals surface area contributed by atoms with Crippen LogP contribution in [0.5, 0.6) is 5.75 Å². The monoisotopic (exact) mass is 810 g/mol. The van der Waals surface area contributed by atoms with Crippen molar-refractivity contribution in [3.05, 3.63) is 207 Å². The van der Waals surface area contributed by atoms with E-state index >= 15 is 0 Å². The Morgan fingerprint density at radius 2 is 1.12 bits per heavy atom. The number of hydrogen-bond acceptors (Lipinski definition) is 7. The molecule has 6 atom stereocenters. The molecule has 0 aromatic heterocycles. The van der Waals surface area contributed by atoms with E-state index in [1.165, 1.54) is 5.56 Å². The van der Waals surface area contributed by atoms with E-state index < -0.39 is 36.3 Å². The van der Waals surface area contributed by atoms with Crippen LogP contribution in [0.4, 0.5) is 0 Å². The van der Waals surface area contributed by atoms with E-state index in [0.717, 1.165) is 45.4 Å². The van der Waals surface area contributed by atoms with Crippen LogP contribution in [0.15, 0.2) is 158 Å². The molecule has 0 aliphatic carbocycles. The third-order valence-electron chi connectivity index (χ3n) is 11.2. The maximum Gasteiger partial charge on any atom is 0.200 e. The number of rotatable bonds is 16. The molecule has 1 N–H and O–H groups in total. The second kappa shape index (κ2) is 19.5. The van der Waals surface area contributed by atoms with Gasteiger partial charge in [-0.15, -0.1) is 0 Å². The molecule has 59 heavy (non-hydrogen) atoms. The van der Waals surface area contributed by atoms with Crippen LogP contribution in [0.25, 0.3) is 0 Å². The molecule has 7 nitrogen and oxygen atoms in total. The molecule has 1 saturated heterocycles. The van der Waals surface area contributed by atoms with E-state index in [4.69, 9.17) is 40.0 Å². The standard InChI is InChI=1S/C51H51ClO7/c1-2-36-23-25-37(26-24-36)27-42-28-43-45(29-44(42)52)58-47(53)30-51(43)50(57-34-41-21-13-6-14-22-41)49(56-33-40-19-11-5-12-20-40)48(55-32-39-17-9-4-10-18-39)46(59-51)35-54-31-38-15-7-3-8-16-38/h3-26,28-29,46-50,53H,2,27,30-35H2,1H3/t46-,47?,48-,49+,50-,51+/m1/s1. The van der Waals surface area contributed by atoms with Gasteiger partial charge in [0.25, 0.3) is 0 Å². The number of hydrogen-bond donors (Lipinski definition) is 1. The molecule has 1 fully saturated rings. The van der Waals surface area contributed by atoms with Crippen LogP contribution in [0, 0.1) is 0 Å². The molecule has 0 amide bonds. The van der Waals surface area contributed by atoms with E-state index in [1.54, 1.807) is 6.07 Å². The SMILES string of the molecule is CCc1ccc(Cc2cc3c(cc2Cl)OC(O)C[C@]32O[C@H](COCc3ccccc3)[C@@H](OCc3ccccc3)[C@H](OCc3ccccc3)[C@H]2OCc2ccccc2)cc1. The average Bonchev–Trinajstić information content (AvgIpc) is 3.27. The van der Waals surface area contributed by atoms with Crippen LogP contribution in [0.2, 0.25) is 5.02 Å². The van der Waals surface area contributed by atoms with Gasteiger partial charge in [-0.1, -0.05) is 164 Å². The molecule has 8 heteroatoms. The van der Waals surface area contributed by atoms with Crippen molar-refractivity contribution in [1.82, 2.24) is 0 Å². The lowest BCUT2D eigenvalue weighted by Crippen LogP contribution is -2.67. The van der Waals surface area contributed by atoms with Gasteiger partial charge in [-0.2, -0.15) is 0 Å². The summed E-state index contributed by atoms with van der Waals surface area (Å²) in [5, 5.41) is 12.2. The van der Waals surface area contributed by atoms with Gasteiger partial charge < -0.3 is 33.5 Å². The molecule has 0 radical (unpaired) electrons. The average molecular weight is 811 g/mol. The van der Waals surface area contributed by atoms with Gasteiger partial charge in [-0.25, -0.2) is 0 Å². The molecule has 6 aromatic rings. The van der Waals surface area contributed by atoms with E-state index in [2.05, 4.69) is 37.3 Å². The third-order valence-corrected chi connectivity index (χ3v) is 11.6. The predicted octanol–water partition coefficient (Wildman–Crippen LogP) is 10.2. The fraction of sp³-hybridized carbons (Fsp3) is 0.294. The number of ether oxygens (including phenoxy) is 6. The highest BCUT2D eigenvalue weighted by molar-refractivity contribution is 6.31. The minimum absolute atomic E-state index is 0.0670. The summed E-state index contributed by atoms with van der Waals surface area (Å²) in [5.41, 5.74) is 6.80. The Balaban J connectivity index is 1.24. The number of halogens is 1. The normalized spacial score (nSPS) is 22.5. The smallest absolute Gasteiger partial charge is 0.200 e. The summed E-state index contributed by atoms with van der Waals surface area (Å²) >= 11 is 7.05. The lowest BCUT2D eigenvalue weighted by molar-refractivity contribution is -0.327. The van der Waals surface area contributed by atoms with Crippen molar-refractivity contribution in [3.8, 4) is 5.75 Å². The van der Waals surface area contributed by atoms with Gasteiger partial charge >= 0.3 is 0 Å². The largest absolute Gasteiger partial charge is 0.465 e. The van der Waals surface area contributed by atoms with Gasteiger partial charge in [0, 0.05) is 17.0 Å². The zero-order chi connectivity index (χ0) is 40.4. The molecule has 304 valence electrons. The minimum Gasteiger partial charge on any atom is -0.465 e. The second-order valence-corrected chi connectivity index (χ2v) is 15.8. The zero-order valence-electron chi connectivity index (χ0n) is 33.3. The first-order valence-corrected chi connectivity index (χ1v) is 20.9. The summed E-state index contributed by atoms with van der Waals surface area (Å²) in [7, 11) is 0. The Kier molecular flexibility index (Phi) is 13.5. The van der Waals surface area contributed by atoms with Crippen molar-refractivity contribution >= 4 is 11.6 Å². The van der Waals surface area contributed by atoms with Crippen molar-refractivity contribution in [1.29, 1.82) is 0 Å². The molecule has 1 spiro atoms. The molecule has 2 aliphatic rings. The van der Waals surface area contributed by atoms with E-state index in [-0.39, 0.29) is 19.6 Å². The first kappa shape index (κ1) is 40.9. The summed E-state index contributed by atoms with van der Waals surface area (Å²) in [5.74, 6) is 0.432. The van der Waals surface area contributed by atoms with Gasteiger partial charge in [0.2, 0.25) is 6.29 Å². The quantitative estimate of drug-likeness (QED) is 0.104. The maximum atomic E-state index is 11.6. The Labute approximate surface area is 352 Å². The Hall–Kier alpha value is -4.83. The van der Waals surface area contributed by atoms with Crippen LogP contribution in [-0.4, -0.2) is 42.4 Å². The fourth-order valence-corrected chi connectivity index (χ4v) is 8.39. The topological polar surface area (TPSA) is 75.6 Å². The first-order valence-electron chi connectivity index (χ1n) is 20.5.